The summed E-state index contributed by atoms with van der Waals surface area (Å²) in [5.41, 5.74) is 1.37. The zero-order valence-electron chi connectivity index (χ0n) is 11.8. The molecule has 2 aromatic heterocycles. The van der Waals surface area contributed by atoms with Gasteiger partial charge >= 0.3 is 5.97 Å². The van der Waals surface area contributed by atoms with Gasteiger partial charge in [0, 0.05) is 23.6 Å². The van der Waals surface area contributed by atoms with Gasteiger partial charge in [-0.3, -0.25) is 14.3 Å². The van der Waals surface area contributed by atoms with Crippen LogP contribution in [0.3, 0.4) is 0 Å². The molecule has 8 heteroatoms. The summed E-state index contributed by atoms with van der Waals surface area (Å²) in [6.07, 6.45) is 3.28. The van der Waals surface area contributed by atoms with Crippen LogP contribution in [0.2, 0.25) is 0 Å². The monoisotopic (exact) mass is 330 g/mol. The second kappa shape index (κ2) is 6.57. The molecule has 0 aliphatic heterocycles. The van der Waals surface area contributed by atoms with E-state index in [1.54, 1.807) is 35.2 Å². The molecule has 0 spiro atoms. The van der Waals surface area contributed by atoms with Crippen molar-refractivity contribution in [1.29, 1.82) is 0 Å². The molecule has 6 nitrogen and oxygen atoms in total. The minimum Gasteiger partial charge on any atom is -0.481 e. The Balaban J connectivity index is 2.10. The van der Waals surface area contributed by atoms with E-state index in [9.17, 15) is 9.18 Å². The Morgan fingerprint density at radius 1 is 1.22 bits per heavy atom. The van der Waals surface area contributed by atoms with Crippen LogP contribution in [0.5, 0.6) is 0 Å². The number of aliphatic carboxylic acids is 1. The van der Waals surface area contributed by atoms with Crippen molar-refractivity contribution in [2.45, 2.75) is 5.16 Å². The second-order valence-corrected chi connectivity index (χ2v) is 5.48. The van der Waals surface area contributed by atoms with Crippen molar-refractivity contribution in [3.8, 4) is 17.1 Å². The van der Waals surface area contributed by atoms with Crippen LogP contribution in [0, 0.1) is 5.82 Å². The first-order valence-corrected chi connectivity index (χ1v) is 7.60. The predicted molar refractivity (Wildman–Crippen MR) is 82.9 cm³/mol. The van der Waals surface area contributed by atoms with E-state index in [1.165, 1.54) is 12.1 Å². The number of rotatable bonds is 5. The van der Waals surface area contributed by atoms with Crippen molar-refractivity contribution < 1.29 is 14.3 Å². The van der Waals surface area contributed by atoms with Crippen LogP contribution < -0.4 is 0 Å². The van der Waals surface area contributed by atoms with Gasteiger partial charge in [-0.05, 0) is 36.4 Å². The molecule has 3 aromatic rings. The number of carboxylic acid groups (broad SMARTS) is 1. The molecule has 0 bridgehead atoms. The Morgan fingerprint density at radius 2 is 2.00 bits per heavy atom. The minimum atomic E-state index is -0.952. The number of carboxylic acids is 1. The number of carbonyl (C=O) groups is 1. The van der Waals surface area contributed by atoms with Gasteiger partial charge in [-0.2, -0.15) is 0 Å². The Bertz CT molecular complexity index is 821. The quantitative estimate of drug-likeness (QED) is 0.724. The van der Waals surface area contributed by atoms with Gasteiger partial charge < -0.3 is 5.11 Å². The van der Waals surface area contributed by atoms with E-state index in [1.807, 2.05) is 6.07 Å². The van der Waals surface area contributed by atoms with E-state index in [2.05, 4.69) is 15.2 Å². The summed E-state index contributed by atoms with van der Waals surface area (Å²) in [6, 6.07) is 9.42. The highest BCUT2D eigenvalue weighted by atomic mass is 32.2. The average Bonchev–Trinajstić information content (AvgIpc) is 2.98. The molecule has 0 atom stereocenters. The van der Waals surface area contributed by atoms with Crippen LogP contribution in [0.1, 0.15) is 0 Å². The first-order valence-electron chi connectivity index (χ1n) is 6.61. The maximum absolute atomic E-state index is 13.2. The fourth-order valence-electron chi connectivity index (χ4n) is 1.99. The number of thioether (sulfide) groups is 1. The molecular weight excluding hydrogens is 319 g/mol. The molecule has 0 aliphatic carbocycles. The Kier molecular flexibility index (Phi) is 4.33. The zero-order chi connectivity index (χ0) is 16.2. The first kappa shape index (κ1) is 15.2. The fraction of sp³-hybridized carbons (Fsp3) is 0.0667. The standard InChI is InChI=1S/C15H11FN4O2S/c16-11-3-5-12(6-4-11)20-14(10-2-1-7-17-8-10)18-19-15(20)23-9-13(21)22/h1-8H,9H2,(H,21,22). The Morgan fingerprint density at radius 3 is 2.65 bits per heavy atom. The summed E-state index contributed by atoms with van der Waals surface area (Å²) in [4.78, 5) is 14.9. The molecule has 0 aliphatic rings. The van der Waals surface area contributed by atoms with E-state index < -0.39 is 5.97 Å². The van der Waals surface area contributed by atoms with Crippen molar-refractivity contribution in [3.05, 3.63) is 54.6 Å². The number of benzene rings is 1. The SMILES string of the molecule is O=C(O)CSc1nnc(-c2cccnc2)n1-c1ccc(F)cc1. The lowest BCUT2D eigenvalue weighted by molar-refractivity contribution is -0.133. The van der Waals surface area contributed by atoms with E-state index in [0.29, 0.717) is 16.7 Å². The highest BCUT2D eigenvalue weighted by Gasteiger charge is 2.17. The van der Waals surface area contributed by atoms with Crippen molar-refractivity contribution >= 4 is 17.7 Å². The highest BCUT2D eigenvalue weighted by molar-refractivity contribution is 7.99. The molecule has 0 amide bonds. The molecule has 0 saturated carbocycles. The molecule has 1 aromatic carbocycles. The molecule has 3 rings (SSSR count). The van der Waals surface area contributed by atoms with Gasteiger partial charge in [-0.25, -0.2) is 4.39 Å². The maximum atomic E-state index is 13.2. The Hall–Kier alpha value is -2.74. The van der Waals surface area contributed by atoms with E-state index in [4.69, 9.17) is 5.11 Å². The maximum Gasteiger partial charge on any atom is 0.313 e. The van der Waals surface area contributed by atoms with Crippen molar-refractivity contribution in [2.24, 2.45) is 0 Å². The van der Waals surface area contributed by atoms with Crippen molar-refractivity contribution in [2.75, 3.05) is 5.75 Å². The lowest BCUT2D eigenvalue weighted by Crippen LogP contribution is -2.03. The molecule has 0 radical (unpaired) electrons. The smallest absolute Gasteiger partial charge is 0.313 e. The summed E-state index contributed by atoms with van der Waals surface area (Å²) in [7, 11) is 0. The largest absolute Gasteiger partial charge is 0.481 e. The van der Waals surface area contributed by atoms with Crippen molar-refractivity contribution in [1.82, 2.24) is 19.7 Å². The van der Waals surface area contributed by atoms with Crippen LogP contribution in [-0.2, 0) is 4.79 Å². The number of nitrogens with zero attached hydrogens (tertiary/aromatic N) is 4. The number of pyridine rings is 1. The predicted octanol–water partition coefficient (Wildman–Crippen LogP) is 2.65. The molecule has 116 valence electrons. The Labute approximate surface area is 135 Å². The summed E-state index contributed by atoms with van der Waals surface area (Å²) >= 11 is 1.05. The molecule has 23 heavy (non-hydrogen) atoms. The topological polar surface area (TPSA) is 80.9 Å². The summed E-state index contributed by atoms with van der Waals surface area (Å²) in [5, 5.41) is 17.5. The van der Waals surface area contributed by atoms with Crippen LogP contribution in [0.25, 0.3) is 17.1 Å². The summed E-state index contributed by atoms with van der Waals surface area (Å²) in [5.74, 6) is -0.944. The van der Waals surface area contributed by atoms with Gasteiger partial charge in [0.25, 0.3) is 0 Å². The summed E-state index contributed by atoms with van der Waals surface area (Å²) in [6.45, 7) is 0. The van der Waals surface area contributed by atoms with Crippen LogP contribution in [0.4, 0.5) is 4.39 Å². The van der Waals surface area contributed by atoms with Gasteiger partial charge in [0.1, 0.15) is 5.82 Å². The van der Waals surface area contributed by atoms with Gasteiger partial charge in [0.05, 0.1) is 5.75 Å². The van der Waals surface area contributed by atoms with Crippen LogP contribution in [-0.4, -0.2) is 36.6 Å². The normalized spacial score (nSPS) is 10.7. The third-order valence-corrected chi connectivity index (χ3v) is 3.88. The molecule has 0 saturated heterocycles. The average molecular weight is 330 g/mol. The van der Waals surface area contributed by atoms with Gasteiger partial charge in [0.2, 0.25) is 0 Å². The van der Waals surface area contributed by atoms with E-state index in [-0.39, 0.29) is 11.6 Å². The molecule has 0 unspecified atom stereocenters. The number of hydrogen-bond donors (Lipinski definition) is 1. The minimum absolute atomic E-state index is 0.146. The molecule has 0 fully saturated rings. The molecular formula is C15H11FN4O2S. The zero-order valence-corrected chi connectivity index (χ0v) is 12.6. The van der Waals surface area contributed by atoms with Crippen LogP contribution >= 0.6 is 11.8 Å². The van der Waals surface area contributed by atoms with E-state index >= 15 is 0 Å². The summed E-state index contributed by atoms with van der Waals surface area (Å²) < 4.78 is 14.9. The van der Waals surface area contributed by atoms with Gasteiger partial charge in [-0.15, -0.1) is 10.2 Å². The van der Waals surface area contributed by atoms with E-state index in [0.717, 1.165) is 17.3 Å². The third-order valence-electron chi connectivity index (χ3n) is 2.96. The lowest BCUT2D eigenvalue weighted by atomic mass is 10.2. The lowest BCUT2D eigenvalue weighted by Gasteiger charge is -2.09. The number of aromatic nitrogens is 4. The highest BCUT2D eigenvalue weighted by Crippen LogP contribution is 2.27. The second-order valence-electron chi connectivity index (χ2n) is 4.54. The van der Waals surface area contributed by atoms with Crippen LogP contribution in [0.15, 0.2) is 53.9 Å². The molecule has 2 heterocycles. The fourth-order valence-corrected chi connectivity index (χ4v) is 2.67. The molecule has 1 N–H and O–H groups in total. The van der Waals surface area contributed by atoms with Gasteiger partial charge in [0.15, 0.2) is 11.0 Å². The third kappa shape index (κ3) is 3.37. The first-order chi connectivity index (χ1) is 11.1. The number of halogens is 1. The number of hydrogen-bond acceptors (Lipinski definition) is 5. The van der Waals surface area contributed by atoms with Gasteiger partial charge in [-0.1, -0.05) is 11.8 Å². The van der Waals surface area contributed by atoms with Crippen molar-refractivity contribution in [3.63, 3.8) is 0 Å².